The maximum absolute atomic E-state index is 13.2. The van der Waals surface area contributed by atoms with Gasteiger partial charge in [0.25, 0.3) is 0 Å². The largest absolute Gasteiger partial charge is 0.444 e. The first-order chi connectivity index (χ1) is 16.1. The summed E-state index contributed by atoms with van der Waals surface area (Å²) >= 11 is 0. The van der Waals surface area contributed by atoms with Crippen LogP contribution < -0.4 is 10.6 Å². The van der Waals surface area contributed by atoms with Crippen molar-refractivity contribution in [2.45, 2.75) is 70.1 Å². The molecule has 0 spiro atoms. The predicted octanol–water partition coefficient (Wildman–Crippen LogP) is 4.61. The van der Waals surface area contributed by atoms with Gasteiger partial charge in [0.1, 0.15) is 17.2 Å². The number of nitriles is 2. The van der Waals surface area contributed by atoms with Gasteiger partial charge >= 0.3 is 6.09 Å². The molecule has 7 heteroatoms. The Morgan fingerprint density at radius 2 is 1.56 bits per heavy atom. The zero-order valence-corrected chi connectivity index (χ0v) is 19.9. The van der Waals surface area contributed by atoms with Crippen LogP contribution in [0.4, 0.5) is 4.79 Å². The SMILES string of the molecule is CC(C)(C)OC(=O)NC1(C(=O)N[C@H](C#N)Cc2ccc(-c3ccc(C#N)cc3)cc2)CCCC1. The Morgan fingerprint density at radius 3 is 2.06 bits per heavy atom. The monoisotopic (exact) mass is 458 g/mol. The molecule has 2 amide bonds. The van der Waals surface area contributed by atoms with E-state index in [1.165, 1.54) is 0 Å². The molecular weight excluding hydrogens is 428 g/mol. The lowest BCUT2D eigenvalue weighted by atomic mass is 9.95. The number of hydrogen-bond acceptors (Lipinski definition) is 5. The number of nitrogens with one attached hydrogen (secondary N) is 2. The topological polar surface area (TPSA) is 115 Å². The number of alkyl carbamates (subject to hydrolysis) is 1. The van der Waals surface area contributed by atoms with Gasteiger partial charge < -0.3 is 15.4 Å². The van der Waals surface area contributed by atoms with Gasteiger partial charge in [0, 0.05) is 6.42 Å². The Morgan fingerprint density at radius 1 is 1.00 bits per heavy atom. The van der Waals surface area contributed by atoms with Crippen LogP contribution in [0.1, 0.15) is 57.6 Å². The summed E-state index contributed by atoms with van der Waals surface area (Å²) in [6.07, 6.45) is 2.37. The summed E-state index contributed by atoms with van der Waals surface area (Å²) in [6.45, 7) is 5.31. The van der Waals surface area contributed by atoms with Gasteiger partial charge in [-0.1, -0.05) is 49.2 Å². The Labute approximate surface area is 200 Å². The molecule has 1 aliphatic carbocycles. The summed E-state index contributed by atoms with van der Waals surface area (Å²) in [5.74, 6) is -0.350. The van der Waals surface area contributed by atoms with Gasteiger partial charge in [0.05, 0.1) is 17.7 Å². The number of carbonyl (C=O) groups is 2. The molecule has 0 bridgehead atoms. The third-order valence-corrected chi connectivity index (χ3v) is 5.83. The second-order valence-corrected chi connectivity index (χ2v) is 9.66. The third kappa shape index (κ3) is 6.36. The Balaban J connectivity index is 1.65. The minimum atomic E-state index is -1.06. The standard InChI is InChI=1S/C27H30N4O3/c1-26(2,3)34-25(33)31-27(14-4-5-15-27)24(32)30-23(18-29)16-19-6-10-21(11-7-19)22-12-8-20(17-28)9-13-22/h6-13,23H,4-5,14-16H2,1-3H3,(H,30,32)(H,31,33)/t23-/m0/s1. The summed E-state index contributed by atoms with van der Waals surface area (Å²) in [5.41, 5.74) is 1.78. The second kappa shape index (κ2) is 10.4. The van der Waals surface area contributed by atoms with Crippen LogP contribution in [0.5, 0.6) is 0 Å². The van der Waals surface area contributed by atoms with E-state index in [9.17, 15) is 14.9 Å². The highest BCUT2D eigenvalue weighted by Gasteiger charge is 2.44. The van der Waals surface area contributed by atoms with Crippen molar-refractivity contribution in [2.24, 2.45) is 0 Å². The van der Waals surface area contributed by atoms with Crippen molar-refractivity contribution >= 4 is 12.0 Å². The number of ether oxygens (including phenoxy) is 1. The molecule has 2 aromatic carbocycles. The minimum absolute atomic E-state index is 0.346. The van der Waals surface area contributed by atoms with Crippen LogP contribution in [0.25, 0.3) is 11.1 Å². The van der Waals surface area contributed by atoms with Gasteiger partial charge in [0.15, 0.2) is 0 Å². The summed E-state index contributed by atoms with van der Waals surface area (Å²) < 4.78 is 5.35. The lowest BCUT2D eigenvalue weighted by molar-refractivity contribution is -0.128. The Kier molecular flexibility index (Phi) is 7.58. The van der Waals surface area contributed by atoms with Crippen LogP contribution >= 0.6 is 0 Å². The molecule has 0 saturated heterocycles. The van der Waals surface area contributed by atoms with Crippen molar-refractivity contribution in [3.63, 3.8) is 0 Å². The normalized spacial score (nSPS) is 15.4. The third-order valence-electron chi connectivity index (χ3n) is 5.83. The average Bonchev–Trinajstić information content (AvgIpc) is 3.27. The quantitative estimate of drug-likeness (QED) is 0.656. The molecule has 1 aliphatic rings. The predicted molar refractivity (Wildman–Crippen MR) is 128 cm³/mol. The Bertz CT molecular complexity index is 1100. The van der Waals surface area contributed by atoms with Gasteiger partial charge in [-0.25, -0.2) is 4.79 Å². The van der Waals surface area contributed by atoms with Gasteiger partial charge in [-0.3, -0.25) is 4.79 Å². The van der Waals surface area contributed by atoms with E-state index in [0.717, 1.165) is 29.5 Å². The molecule has 34 heavy (non-hydrogen) atoms. The maximum Gasteiger partial charge on any atom is 0.408 e. The highest BCUT2D eigenvalue weighted by molar-refractivity contribution is 5.90. The van der Waals surface area contributed by atoms with Crippen LogP contribution in [0.3, 0.4) is 0 Å². The van der Waals surface area contributed by atoms with Crippen LogP contribution in [0.2, 0.25) is 0 Å². The van der Waals surface area contributed by atoms with E-state index >= 15 is 0 Å². The first-order valence-corrected chi connectivity index (χ1v) is 11.5. The highest BCUT2D eigenvalue weighted by Crippen LogP contribution is 2.31. The molecule has 7 nitrogen and oxygen atoms in total. The van der Waals surface area contributed by atoms with Crippen LogP contribution in [0, 0.1) is 22.7 Å². The fourth-order valence-corrected chi connectivity index (χ4v) is 4.12. The number of hydrogen-bond donors (Lipinski definition) is 2. The minimum Gasteiger partial charge on any atom is -0.444 e. The number of benzene rings is 2. The first-order valence-electron chi connectivity index (χ1n) is 11.5. The highest BCUT2D eigenvalue weighted by atomic mass is 16.6. The van der Waals surface area contributed by atoms with E-state index in [4.69, 9.17) is 10.00 Å². The van der Waals surface area contributed by atoms with Gasteiger partial charge in [0.2, 0.25) is 5.91 Å². The van der Waals surface area contributed by atoms with E-state index in [1.54, 1.807) is 32.9 Å². The summed E-state index contributed by atoms with van der Waals surface area (Å²) in [5, 5.41) is 24.2. The van der Waals surface area contributed by atoms with E-state index in [1.807, 2.05) is 36.4 Å². The van der Waals surface area contributed by atoms with Gasteiger partial charge in [-0.15, -0.1) is 0 Å². The number of carbonyl (C=O) groups excluding carboxylic acids is 2. The van der Waals surface area contributed by atoms with E-state index in [0.29, 0.717) is 24.8 Å². The van der Waals surface area contributed by atoms with Crippen molar-refractivity contribution in [2.75, 3.05) is 0 Å². The smallest absolute Gasteiger partial charge is 0.408 e. The number of rotatable bonds is 6. The van der Waals surface area contributed by atoms with Crippen molar-refractivity contribution in [1.82, 2.24) is 10.6 Å². The number of nitrogens with zero attached hydrogens (tertiary/aromatic N) is 2. The molecule has 0 heterocycles. The second-order valence-electron chi connectivity index (χ2n) is 9.66. The zero-order chi connectivity index (χ0) is 24.8. The molecule has 3 rings (SSSR count). The van der Waals surface area contributed by atoms with Crippen LogP contribution in [-0.4, -0.2) is 29.2 Å². The van der Waals surface area contributed by atoms with Crippen molar-refractivity contribution in [3.8, 4) is 23.3 Å². The summed E-state index contributed by atoms with van der Waals surface area (Å²) in [7, 11) is 0. The van der Waals surface area contributed by atoms with E-state index < -0.39 is 23.3 Å². The summed E-state index contributed by atoms with van der Waals surface area (Å²) in [4.78, 5) is 25.5. The van der Waals surface area contributed by atoms with Crippen molar-refractivity contribution in [1.29, 1.82) is 10.5 Å². The molecule has 0 unspecified atom stereocenters. The molecule has 1 saturated carbocycles. The molecule has 176 valence electrons. The molecule has 0 aromatic heterocycles. The fourth-order valence-electron chi connectivity index (χ4n) is 4.12. The molecule has 1 atom stereocenters. The fraction of sp³-hybridized carbons (Fsp3) is 0.407. The lowest BCUT2D eigenvalue weighted by Gasteiger charge is -2.31. The molecule has 2 aromatic rings. The maximum atomic E-state index is 13.2. The van der Waals surface area contributed by atoms with Gasteiger partial charge in [-0.05, 0) is 62.4 Å². The first kappa shape index (κ1) is 24.8. The van der Waals surface area contributed by atoms with Crippen LogP contribution in [-0.2, 0) is 16.0 Å². The number of amides is 2. The van der Waals surface area contributed by atoms with E-state index in [2.05, 4.69) is 22.8 Å². The Hall–Kier alpha value is -3.84. The lowest BCUT2D eigenvalue weighted by Crippen LogP contribution is -2.59. The van der Waals surface area contributed by atoms with Crippen molar-refractivity contribution < 1.29 is 14.3 Å². The molecule has 0 radical (unpaired) electrons. The van der Waals surface area contributed by atoms with E-state index in [-0.39, 0.29) is 5.91 Å². The van der Waals surface area contributed by atoms with Gasteiger partial charge in [-0.2, -0.15) is 10.5 Å². The summed E-state index contributed by atoms with van der Waals surface area (Å²) in [6, 6.07) is 18.6. The zero-order valence-electron chi connectivity index (χ0n) is 19.9. The van der Waals surface area contributed by atoms with Crippen LogP contribution in [0.15, 0.2) is 48.5 Å². The van der Waals surface area contributed by atoms with Crippen molar-refractivity contribution in [3.05, 3.63) is 59.7 Å². The molecule has 1 fully saturated rings. The molecule has 2 N–H and O–H groups in total. The molecule has 0 aliphatic heterocycles. The molecular formula is C27H30N4O3. The average molecular weight is 459 g/mol.